The van der Waals surface area contributed by atoms with E-state index in [0.29, 0.717) is 5.95 Å². The first-order chi connectivity index (χ1) is 8.78. The van der Waals surface area contributed by atoms with Gasteiger partial charge in [0, 0.05) is 12.4 Å². The van der Waals surface area contributed by atoms with Crippen LogP contribution in [0.5, 0.6) is 5.75 Å². The Bertz CT molecular complexity index is 525. The molecule has 1 heterocycles. The van der Waals surface area contributed by atoms with E-state index < -0.39 is 0 Å². The van der Waals surface area contributed by atoms with Crippen LogP contribution < -0.4 is 10.2 Å². The molecule has 0 aliphatic carbocycles. The molecule has 5 nitrogen and oxygen atoms in total. The molecular formula is C12H11BrN4O. The van der Waals surface area contributed by atoms with E-state index in [-0.39, 0.29) is 0 Å². The normalized spacial score (nSPS) is 10.6. The van der Waals surface area contributed by atoms with Crippen molar-refractivity contribution < 1.29 is 4.74 Å². The van der Waals surface area contributed by atoms with Crippen molar-refractivity contribution in [2.75, 3.05) is 12.5 Å². The van der Waals surface area contributed by atoms with E-state index in [2.05, 4.69) is 36.4 Å². The first-order valence-electron chi connectivity index (χ1n) is 5.18. The third kappa shape index (κ3) is 3.53. The minimum atomic E-state index is 0.447. The molecule has 0 bridgehead atoms. The largest absolute Gasteiger partial charge is 0.497 e. The molecule has 0 unspecified atom stereocenters. The monoisotopic (exact) mass is 306 g/mol. The van der Waals surface area contributed by atoms with Crippen molar-refractivity contribution in [1.29, 1.82) is 0 Å². The van der Waals surface area contributed by atoms with Crippen LogP contribution in [-0.2, 0) is 0 Å². The predicted molar refractivity (Wildman–Crippen MR) is 73.9 cm³/mol. The second-order valence-electron chi connectivity index (χ2n) is 3.37. The predicted octanol–water partition coefficient (Wildman–Crippen LogP) is 2.69. The Kier molecular flexibility index (Phi) is 4.25. The Morgan fingerprint density at radius 2 is 1.89 bits per heavy atom. The van der Waals surface area contributed by atoms with Crippen molar-refractivity contribution in [3.05, 3.63) is 46.7 Å². The maximum Gasteiger partial charge on any atom is 0.243 e. The molecule has 18 heavy (non-hydrogen) atoms. The number of anilines is 1. The van der Waals surface area contributed by atoms with Crippen LogP contribution in [0.4, 0.5) is 5.95 Å². The summed E-state index contributed by atoms with van der Waals surface area (Å²) in [7, 11) is 1.63. The average Bonchev–Trinajstić information content (AvgIpc) is 2.42. The average molecular weight is 307 g/mol. The number of rotatable bonds is 4. The molecule has 0 spiro atoms. The number of aromatic nitrogens is 2. The van der Waals surface area contributed by atoms with Crippen molar-refractivity contribution in [3.63, 3.8) is 0 Å². The molecule has 1 aromatic carbocycles. The summed E-state index contributed by atoms with van der Waals surface area (Å²) in [5.74, 6) is 1.26. The van der Waals surface area contributed by atoms with Crippen LogP contribution in [0.15, 0.2) is 46.2 Å². The van der Waals surface area contributed by atoms with Crippen LogP contribution in [0.3, 0.4) is 0 Å². The van der Waals surface area contributed by atoms with Crippen molar-refractivity contribution in [2.45, 2.75) is 0 Å². The van der Waals surface area contributed by atoms with E-state index in [4.69, 9.17) is 4.74 Å². The number of hydrogen-bond acceptors (Lipinski definition) is 5. The summed E-state index contributed by atoms with van der Waals surface area (Å²) in [4.78, 5) is 8.07. The van der Waals surface area contributed by atoms with E-state index in [1.54, 1.807) is 25.7 Å². The molecular weight excluding hydrogens is 296 g/mol. The SMILES string of the molecule is COc1ccc(/C=N/Nc2ncc(Br)cn2)cc1. The van der Waals surface area contributed by atoms with E-state index in [9.17, 15) is 0 Å². The molecule has 2 aromatic rings. The van der Waals surface area contributed by atoms with Gasteiger partial charge in [-0.15, -0.1) is 0 Å². The quantitative estimate of drug-likeness (QED) is 0.697. The Morgan fingerprint density at radius 1 is 1.22 bits per heavy atom. The highest BCUT2D eigenvalue weighted by molar-refractivity contribution is 9.10. The van der Waals surface area contributed by atoms with Crippen LogP contribution in [0.25, 0.3) is 0 Å². The van der Waals surface area contributed by atoms with Crippen LogP contribution >= 0.6 is 15.9 Å². The van der Waals surface area contributed by atoms with E-state index in [1.807, 2.05) is 24.3 Å². The van der Waals surface area contributed by atoms with Crippen molar-refractivity contribution >= 4 is 28.1 Å². The lowest BCUT2D eigenvalue weighted by atomic mass is 10.2. The fourth-order valence-electron chi connectivity index (χ4n) is 1.22. The first kappa shape index (κ1) is 12.5. The standard InChI is InChI=1S/C12H11BrN4O/c1-18-11-4-2-9(3-5-11)6-16-17-12-14-7-10(13)8-15-12/h2-8H,1H3,(H,14,15,17)/b16-6+. The number of hydrazone groups is 1. The molecule has 0 saturated carbocycles. The fourth-order valence-corrected chi connectivity index (χ4v) is 1.43. The summed E-state index contributed by atoms with van der Waals surface area (Å²) in [6.45, 7) is 0. The number of halogens is 1. The summed E-state index contributed by atoms with van der Waals surface area (Å²) in [6.07, 6.45) is 4.99. The van der Waals surface area contributed by atoms with Gasteiger partial charge < -0.3 is 4.74 Å². The van der Waals surface area contributed by atoms with Gasteiger partial charge in [-0.25, -0.2) is 15.4 Å². The zero-order valence-electron chi connectivity index (χ0n) is 9.67. The molecule has 0 radical (unpaired) electrons. The zero-order valence-corrected chi connectivity index (χ0v) is 11.3. The van der Waals surface area contributed by atoms with Crippen molar-refractivity contribution in [2.24, 2.45) is 5.10 Å². The smallest absolute Gasteiger partial charge is 0.243 e. The highest BCUT2D eigenvalue weighted by Gasteiger charge is 1.93. The molecule has 92 valence electrons. The van der Waals surface area contributed by atoms with Gasteiger partial charge in [0.2, 0.25) is 5.95 Å². The Hall–Kier alpha value is -1.95. The number of benzene rings is 1. The minimum absolute atomic E-state index is 0.447. The van der Waals surface area contributed by atoms with Gasteiger partial charge in [-0.2, -0.15) is 5.10 Å². The Balaban J connectivity index is 1.96. The van der Waals surface area contributed by atoms with Crippen molar-refractivity contribution in [1.82, 2.24) is 9.97 Å². The highest BCUT2D eigenvalue weighted by Crippen LogP contribution is 2.10. The second-order valence-corrected chi connectivity index (χ2v) is 4.28. The summed E-state index contributed by atoms with van der Waals surface area (Å²) in [5, 5.41) is 4.04. The third-order valence-electron chi connectivity index (χ3n) is 2.11. The summed E-state index contributed by atoms with van der Waals surface area (Å²) in [6, 6.07) is 7.56. The van der Waals surface area contributed by atoms with Gasteiger partial charge in [0.25, 0.3) is 0 Å². The summed E-state index contributed by atoms with van der Waals surface area (Å²) in [5.41, 5.74) is 3.70. The van der Waals surface area contributed by atoms with E-state index in [1.165, 1.54) is 0 Å². The van der Waals surface area contributed by atoms with Gasteiger partial charge in [-0.1, -0.05) is 0 Å². The van der Waals surface area contributed by atoms with E-state index in [0.717, 1.165) is 15.8 Å². The molecule has 0 saturated heterocycles. The maximum atomic E-state index is 5.07. The molecule has 6 heteroatoms. The number of methoxy groups -OCH3 is 1. The van der Waals surface area contributed by atoms with Gasteiger partial charge in [0.1, 0.15) is 5.75 Å². The molecule has 0 amide bonds. The molecule has 0 atom stereocenters. The number of ether oxygens (including phenoxy) is 1. The third-order valence-corrected chi connectivity index (χ3v) is 2.52. The van der Waals surface area contributed by atoms with Gasteiger partial charge in [-0.3, -0.25) is 0 Å². The van der Waals surface area contributed by atoms with Crippen molar-refractivity contribution in [3.8, 4) is 5.75 Å². The first-order valence-corrected chi connectivity index (χ1v) is 5.98. The lowest BCUT2D eigenvalue weighted by molar-refractivity contribution is 0.415. The van der Waals surface area contributed by atoms with Gasteiger partial charge in [-0.05, 0) is 45.8 Å². The maximum absolute atomic E-state index is 5.07. The van der Waals surface area contributed by atoms with Gasteiger partial charge in [0.05, 0.1) is 17.8 Å². The van der Waals surface area contributed by atoms with Gasteiger partial charge in [0.15, 0.2) is 0 Å². The number of hydrogen-bond donors (Lipinski definition) is 1. The van der Waals surface area contributed by atoms with Crippen LogP contribution in [-0.4, -0.2) is 23.3 Å². The van der Waals surface area contributed by atoms with Crippen LogP contribution in [0.1, 0.15) is 5.56 Å². The fraction of sp³-hybridized carbons (Fsp3) is 0.0833. The molecule has 0 aliphatic rings. The molecule has 2 rings (SSSR count). The van der Waals surface area contributed by atoms with E-state index >= 15 is 0 Å². The minimum Gasteiger partial charge on any atom is -0.497 e. The summed E-state index contributed by atoms with van der Waals surface area (Å²) >= 11 is 3.26. The summed E-state index contributed by atoms with van der Waals surface area (Å²) < 4.78 is 5.90. The highest BCUT2D eigenvalue weighted by atomic mass is 79.9. The Morgan fingerprint density at radius 3 is 2.50 bits per heavy atom. The lowest BCUT2D eigenvalue weighted by Crippen LogP contribution is -1.95. The molecule has 1 aromatic heterocycles. The molecule has 0 aliphatic heterocycles. The lowest BCUT2D eigenvalue weighted by Gasteiger charge is -1.99. The Labute approximate surface area is 113 Å². The van der Waals surface area contributed by atoms with Crippen LogP contribution in [0.2, 0.25) is 0 Å². The molecule has 1 N–H and O–H groups in total. The topological polar surface area (TPSA) is 59.4 Å². The van der Waals surface area contributed by atoms with Crippen LogP contribution in [0, 0.1) is 0 Å². The second kappa shape index (κ2) is 6.11. The number of nitrogens with one attached hydrogen (secondary N) is 1. The number of nitrogens with zero attached hydrogens (tertiary/aromatic N) is 3. The van der Waals surface area contributed by atoms with Gasteiger partial charge >= 0.3 is 0 Å². The zero-order chi connectivity index (χ0) is 12.8. The molecule has 0 fully saturated rings.